The number of amides is 1. The second-order valence-corrected chi connectivity index (χ2v) is 8.29. The molecule has 132 valence electrons. The molecule has 0 radical (unpaired) electrons. The molecule has 0 aliphatic heterocycles. The number of carbonyl (C=O) groups excluding carboxylic acids is 1. The van der Waals surface area contributed by atoms with E-state index in [0.29, 0.717) is 18.5 Å². The fourth-order valence-electron chi connectivity index (χ4n) is 2.90. The van der Waals surface area contributed by atoms with Crippen molar-refractivity contribution >= 4 is 27.6 Å². The van der Waals surface area contributed by atoms with Gasteiger partial charge in [-0.3, -0.25) is 9.59 Å². The van der Waals surface area contributed by atoms with Crippen LogP contribution >= 0.6 is 0 Å². The van der Waals surface area contributed by atoms with Crippen molar-refractivity contribution in [2.45, 2.75) is 30.6 Å². The zero-order valence-electron chi connectivity index (χ0n) is 13.7. The minimum absolute atomic E-state index is 0.131. The lowest BCUT2D eigenvalue weighted by Gasteiger charge is -2.27. The fourth-order valence-corrected chi connectivity index (χ4v) is 3.80. The van der Waals surface area contributed by atoms with Gasteiger partial charge >= 0.3 is 5.97 Å². The summed E-state index contributed by atoms with van der Waals surface area (Å²) in [5, 5.41) is 11.9. The molecule has 8 heteroatoms. The molecule has 0 bridgehead atoms. The Kier molecular flexibility index (Phi) is 5.61. The predicted octanol–water partition coefficient (Wildman–Crippen LogP) is 1.77. The van der Waals surface area contributed by atoms with Gasteiger partial charge in [-0.2, -0.15) is 0 Å². The van der Waals surface area contributed by atoms with E-state index in [1.807, 2.05) is 0 Å². The molecule has 0 spiro atoms. The first kappa shape index (κ1) is 18.4. The summed E-state index contributed by atoms with van der Waals surface area (Å²) in [5.41, 5.74) is 0.451. The van der Waals surface area contributed by atoms with E-state index in [0.717, 1.165) is 17.1 Å². The third-order valence-electron chi connectivity index (χ3n) is 4.32. The maximum Gasteiger partial charge on any atom is 0.307 e. The van der Waals surface area contributed by atoms with Gasteiger partial charge in [-0.15, -0.1) is 0 Å². The van der Waals surface area contributed by atoms with Crippen LogP contribution in [0.15, 0.2) is 29.2 Å². The molecule has 2 atom stereocenters. The van der Waals surface area contributed by atoms with Crippen LogP contribution in [0, 0.1) is 11.8 Å². The third-order valence-corrected chi connectivity index (χ3v) is 6.15. The number of sulfonamides is 1. The number of carboxylic acid groups (broad SMARTS) is 1. The van der Waals surface area contributed by atoms with E-state index >= 15 is 0 Å². The summed E-state index contributed by atoms with van der Waals surface area (Å²) >= 11 is 0. The summed E-state index contributed by atoms with van der Waals surface area (Å²) < 4.78 is 25.1. The van der Waals surface area contributed by atoms with Crippen molar-refractivity contribution in [2.75, 3.05) is 19.4 Å². The highest BCUT2D eigenvalue weighted by atomic mass is 32.2. The summed E-state index contributed by atoms with van der Waals surface area (Å²) in [5.74, 6) is -2.49. The maximum atomic E-state index is 12.4. The summed E-state index contributed by atoms with van der Waals surface area (Å²) in [6.45, 7) is 0. The molecule has 24 heavy (non-hydrogen) atoms. The Bertz CT molecular complexity index is 712. The summed E-state index contributed by atoms with van der Waals surface area (Å²) in [7, 11) is -0.631. The Morgan fingerprint density at radius 1 is 1.08 bits per heavy atom. The average molecular weight is 354 g/mol. The van der Waals surface area contributed by atoms with E-state index in [-0.39, 0.29) is 10.8 Å². The van der Waals surface area contributed by atoms with E-state index in [4.69, 9.17) is 0 Å². The molecule has 2 N–H and O–H groups in total. The van der Waals surface area contributed by atoms with Crippen LogP contribution in [-0.4, -0.2) is 43.8 Å². The minimum Gasteiger partial charge on any atom is -0.481 e. The number of aliphatic carboxylic acids is 1. The molecule has 1 aliphatic rings. The number of hydrogen-bond acceptors (Lipinski definition) is 4. The number of carboxylic acids is 1. The van der Waals surface area contributed by atoms with Gasteiger partial charge in [0.1, 0.15) is 0 Å². The van der Waals surface area contributed by atoms with Gasteiger partial charge in [0, 0.05) is 19.8 Å². The number of benzene rings is 1. The molecule has 7 nitrogen and oxygen atoms in total. The van der Waals surface area contributed by atoms with Crippen molar-refractivity contribution in [3.63, 3.8) is 0 Å². The van der Waals surface area contributed by atoms with E-state index in [1.54, 1.807) is 0 Å². The van der Waals surface area contributed by atoms with Gasteiger partial charge in [0.05, 0.1) is 16.7 Å². The van der Waals surface area contributed by atoms with E-state index in [2.05, 4.69) is 5.32 Å². The van der Waals surface area contributed by atoms with Gasteiger partial charge < -0.3 is 10.4 Å². The van der Waals surface area contributed by atoms with Crippen molar-refractivity contribution in [1.82, 2.24) is 4.31 Å². The molecule has 2 unspecified atom stereocenters. The first-order valence-electron chi connectivity index (χ1n) is 7.79. The van der Waals surface area contributed by atoms with Crippen molar-refractivity contribution in [3.05, 3.63) is 24.3 Å². The van der Waals surface area contributed by atoms with Crippen LogP contribution in [-0.2, 0) is 19.6 Å². The topological polar surface area (TPSA) is 104 Å². The number of carbonyl (C=O) groups is 2. The van der Waals surface area contributed by atoms with Gasteiger partial charge in [0.2, 0.25) is 15.9 Å². The number of nitrogens with one attached hydrogen (secondary N) is 1. The average Bonchev–Trinajstić information content (AvgIpc) is 2.55. The van der Waals surface area contributed by atoms with Crippen molar-refractivity contribution in [2.24, 2.45) is 11.8 Å². The summed E-state index contributed by atoms with van der Waals surface area (Å²) in [4.78, 5) is 23.8. The van der Waals surface area contributed by atoms with E-state index < -0.39 is 27.8 Å². The SMILES string of the molecule is CN(C)S(=O)(=O)c1ccc(NC(=O)C2CCCCC2C(=O)O)cc1. The lowest BCUT2D eigenvalue weighted by Crippen LogP contribution is -2.36. The van der Waals surface area contributed by atoms with Gasteiger partial charge in [-0.25, -0.2) is 12.7 Å². The number of rotatable bonds is 5. The molecule has 1 aromatic rings. The van der Waals surface area contributed by atoms with Crippen molar-refractivity contribution in [1.29, 1.82) is 0 Å². The van der Waals surface area contributed by atoms with E-state index in [9.17, 15) is 23.1 Å². The first-order valence-corrected chi connectivity index (χ1v) is 9.23. The summed E-state index contributed by atoms with van der Waals surface area (Å²) in [6.07, 6.45) is 2.71. The Balaban J connectivity index is 2.11. The molecular formula is C16H22N2O5S. The maximum absolute atomic E-state index is 12.4. The van der Waals surface area contributed by atoms with Crippen LogP contribution in [0.5, 0.6) is 0 Å². The Labute approximate surface area is 141 Å². The zero-order chi connectivity index (χ0) is 17.9. The number of nitrogens with zero attached hydrogens (tertiary/aromatic N) is 1. The molecule has 0 saturated heterocycles. The molecule has 0 aromatic heterocycles. The molecule has 1 aliphatic carbocycles. The standard InChI is InChI=1S/C16H22N2O5S/c1-18(2)24(22,23)12-9-7-11(8-10-12)17-15(19)13-5-3-4-6-14(13)16(20)21/h7-10,13-14H,3-6H2,1-2H3,(H,17,19)(H,20,21). The van der Waals surface area contributed by atoms with Crippen LogP contribution in [0.3, 0.4) is 0 Å². The lowest BCUT2D eigenvalue weighted by molar-refractivity contribution is -0.147. The predicted molar refractivity (Wildman–Crippen MR) is 89.0 cm³/mol. The molecule has 1 saturated carbocycles. The monoisotopic (exact) mass is 354 g/mol. The van der Waals surface area contributed by atoms with Crippen LogP contribution in [0.4, 0.5) is 5.69 Å². The molecule has 2 rings (SSSR count). The van der Waals surface area contributed by atoms with Crippen molar-refractivity contribution < 1.29 is 23.1 Å². The Morgan fingerprint density at radius 3 is 2.12 bits per heavy atom. The summed E-state index contributed by atoms with van der Waals surface area (Å²) in [6, 6.07) is 5.85. The van der Waals surface area contributed by atoms with Gasteiger partial charge in [-0.05, 0) is 37.1 Å². The third kappa shape index (κ3) is 3.93. The normalized spacial score (nSPS) is 21.5. The molecule has 1 aromatic carbocycles. The van der Waals surface area contributed by atoms with Crippen LogP contribution in [0.25, 0.3) is 0 Å². The number of anilines is 1. The quantitative estimate of drug-likeness (QED) is 0.838. The van der Waals surface area contributed by atoms with Gasteiger partial charge in [-0.1, -0.05) is 12.8 Å². The highest BCUT2D eigenvalue weighted by Gasteiger charge is 2.35. The number of hydrogen-bond donors (Lipinski definition) is 2. The fraction of sp³-hybridized carbons (Fsp3) is 0.500. The first-order chi connectivity index (χ1) is 11.2. The highest BCUT2D eigenvalue weighted by Crippen LogP contribution is 2.31. The Morgan fingerprint density at radius 2 is 1.62 bits per heavy atom. The molecule has 0 heterocycles. The lowest BCUT2D eigenvalue weighted by atomic mass is 9.78. The Hall–Kier alpha value is -1.93. The molecule has 1 amide bonds. The smallest absolute Gasteiger partial charge is 0.307 e. The molecular weight excluding hydrogens is 332 g/mol. The van der Waals surface area contributed by atoms with Gasteiger partial charge in [0.15, 0.2) is 0 Å². The van der Waals surface area contributed by atoms with Crippen LogP contribution in [0.1, 0.15) is 25.7 Å². The zero-order valence-corrected chi connectivity index (χ0v) is 14.5. The van der Waals surface area contributed by atoms with Gasteiger partial charge in [0.25, 0.3) is 0 Å². The second-order valence-electron chi connectivity index (χ2n) is 6.14. The van der Waals surface area contributed by atoms with Crippen LogP contribution < -0.4 is 5.32 Å². The molecule has 1 fully saturated rings. The largest absolute Gasteiger partial charge is 0.481 e. The minimum atomic E-state index is -3.52. The van der Waals surface area contributed by atoms with E-state index in [1.165, 1.54) is 38.4 Å². The van der Waals surface area contributed by atoms with Crippen molar-refractivity contribution in [3.8, 4) is 0 Å². The van der Waals surface area contributed by atoms with Crippen LogP contribution in [0.2, 0.25) is 0 Å². The second kappa shape index (κ2) is 7.31. The highest BCUT2D eigenvalue weighted by molar-refractivity contribution is 7.89.